The van der Waals surface area contributed by atoms with Gasteiger partial charge in [-0.15, -0.1) is 0 Å². The monoisotopic (exact) mass is 331 g/mol. The molecule has 0 saturated carbocycles. The standard InChI is InChI=1S/C20H21N5/c1-20(2)11-24(7-8-25-13-21-12-22-25)19-10-18-15(9-16(19)20)14-5-3-4-6-17(14)23-18/h3-6,9-10,12-13,23H,7-8,11H2,1-2H3. The van der Waals surface area contributed by atoms with Crippen LogP contribution < -0.4 is 4.90 Å². The molecule has 0 unspecified atom stereocenters. The molecule has 4 aromatic rings. The van der Waals surface area contributed by atoms with Gasteiger partial charge in [0.25, 0.3) is 0 Å². The van der Waals surface area contributed by atoms with Gasteiger partial charge in [-0.2, -0.15) is 5.10 Å². The quantitative estimate of drug-likeness (QED) is 0.622. The summed E-state index contributed by atoms with van der Waals surface area (Å²) in [6.07, 6.45) is 3.37. The van der Waals surface area contributed by atoms with Crippen LogP contribution in [0.2, 0.25) is 0 Å². The number of para-hydroxylation sites is 1. The zero-order valence-electron chi connectivity index (χ0n) is 14.5. The van der Waals surface area contributed by atoms with E-state index in [-0.39, 0.29) is 5.41 Å². The summed E-state index contributed by atoms with van der Waals surface area (Å²) in [6, 6.07) is 13.2. The summed E-state index contributed by atoms with van der Waals surface area (Å²) in [6.45, 7) is 7.48. The van der Waals surface area contributed by atoms with Crippen LogP contribution in [0.1, 0.15) is 19.4 Å². The van der Waals surface area contributed by atoms with E-state index in [1.807, 2.05) is 4.68 Å². The van der Waals surface area contributed by atoms with E-state index >= 15 is 0 Å². The van der Waals surface area contributed by atoms with Gasteiger partial charge < -0.3 is 9.88 Å². The fraction of sp³-hybridized carbons (Fsp3) is 0.300. The van der Waals surface area contributed by atoms with E-state index in [9.17, 15) is 0 Å². The Bertz CT molecular complexity index is 1060. The molecule has 0 radical (unpaired) electrons. The molecule has 0 amide bonds. The van der Waals surface area contributed by atoms with Crippen LogP contribution in [-0.4, -0.2) is 32.8 Å². The Morgan fingerprint density at radius 2 is 1.96 bits per heavy atom. The summed E-state index contributed by atoms with van der Waals surface area (Å²) < 4.78 is 1.90. The van der Waals surface area contributed by atoms with Crippen molar-refractivity contribution in [2.45, 2.75) is 25.8 Å². The first-order valence-electron chi connectivity index (χ1n) is 8.74. The molecule has 3 heterocycles. The first-order valence-corrected chi connectivity index (χ1v) is 8.74. The normalized spacial score (nSPS) is 16.0. The van der Waals surface area contributed by atoms with Gasteiger partial charge in [0.15, 0.2) is 0 Å². The molecule has 0 saturated heterocycles. The highest BCUT2D eigenvalue weighted by atomic mass is 15.3. The highest BCUT2D eigenvalue weighted by Gasteiger charge is 2.35. The zero-order chi connectivity index (χ0) is 17.0. The van der Waals surface area contributed by atoms with E-state index in [1.165, 1.54) is 33.1 Å². The number of nitrogens with one attached hydrogen (secondary N) is 1. The first-order chi connectivity index (χ1) is 12.1. The van der Waals surface area contributed by atoms with E-state index in [2.05, 4.69) is 70.2 Å². The third-order valence-corrected chi connectivity index (χ3v) is 5.34. The molecule has 0 fully saturated rings. The summed E-state index contributed by atoms with van der Waals surface area (Å²) in [5.74, 6) is 0. The fourth-order valence-corrected chi connectivity index (χ4v) is 4.11. The van der Waals surface area contributed by atoms with Crippen LogP contribution in [0, 0.1) is 0 Å². The summed E-state index contributed by atoms with van der Waals surface area (Å²) in [5, 5.41) is 6.84. The van der Waals surface area contributed by atoms with E-state index < -0.39 is 0 Å². The third-order valence-electron chi connectivity index (χ3n) is 5.34. The second-order valence-electron chi connectivity index (χ2n) is 7.55. The molecular weight excluding hydrogens is 310 g/mol. The van der Waals surface area contributed by atoms with E-state index in [4.69, 9.17) is 0 Å². The molecule has 25 heavy (non-hydrogen) atoms. The van der Waals surface area contributed by atoms with Crippen molar-refractivity contribution >= 4 is 27.5 Å². The number of anilines is 1. The number of aromatic nitrogens is 4. The second-order valence-corrected chi connectivity index (χ2v) is 7.55. The maximum absolute atomic E-state index is 4.22. The summed E-state index contributed by atoms with van der Waals surface area (Å²) in [7, 11) is 0. The molecule has 2 aromatic carbocycles. The number of hydrogen-bond acceptors (Lipinski definition) is 3. The van der Waals surface area contributed by atoms with Crippen LogP contribution in [0.3, 0.4) is 0 Å². The summed E-state index contributed by atoms with van der Waals surface area (Å²) in [4.78, 5) is 10.1. The van der Waals surface area contributed by atoms with Gasteiger partial charge in [-0.05, 0) is 23.8 Å². The number of H-pyrrole nitrogens is 1. The minimum atomic E-state index is 0.143. The van der Waals surface area contributed by atoms with E-state index in [0.29, 0.717) is 0 Å². The Labute approximate surface area is 146 Å². The van der Waals surface area contributed by atoms with Crippen molar-refractivity contribution in [1.82, 2.24) is 19.7 Å². The molecule has 5 nitrogen and oxygen atoms in total. The molecule has 0 bridgehead atoms. The van der Waals surface area contributed by atoms with Gasteiger partial charge in [-0.3, -0.25) is 4.68 Å². The van der Waals surface area contributed by atoms with Gasteiger partial charge in [0.2, 0.25) is 0 Å². The Balaban J connectivity index is 1.60. The molecule has 1 N–H and O–H groups in total. The highest BCUT2D eigenvalue weighted by Crippen LogP contribution is 2.43. The van der Waals surface area contributed by atoms with Gasteiger partial charge in [0, 0.05) is 46.0 Å². The maximum atomic E-state index is 4.22. The average Bonchev–Trinajstić information content (AvgIpc) is 3.29. The lowest BCUT2D eigenvalue weighted by Crippen LogP contribution is -2.31. The first kappa shape index (κ1) is 14.5. The number of aromatic amines is 1. The summed E-state index contributed by atoms with van der Waals surface area (Å²) >= 11 is 0. The largest absolute Gasteiger partial charge is 0.368 e. The number of fused-ring (bicyclic) bond motifs is 4. The Hall–Kier alpha value is -2.82. The van der Waals surface area contributed by atoms with Gasteiger partial charge in [-0.25, -0.2) is 4.98 Å². The fourth-order valence-electron chi connectivity index (χ4n) is 4.11. The van der Waals surface area contributed by atoms with Gasteiger partial charge >= 0.3 is 0 Å². The maximum Gasteiger partial charge on any atom is 0.137 e. The summed E-state index contributed by atoms with van der Waals surface area (Å²) in [5.41, 5.74) is 5.33. The second kappa shape index (κ2) is 5.09. The SMILES string of the molecule is CC1(C)CN(CCn2cncn2)c2cc3[nH]c4ccccc4c3cc21. The van der Waals surface area contributed by atoms with Crippen LogP contribution in [0.4, 0.5) is 5.69 Å². The van der Waals surface area contributed by atoms with Crippen LogP contribution in [0.25, 0.3) is 21.8 Å². The van der Waals surface area contributed by atoms with E-state index in [0.717, 1.165) is 19.6 Å². The van der Waals surface area contributed by atoms with Crippen molar-refractivity contribution in [1.29, 1.82) is 0 Å². The lowest BCUT2D eigenvalue weighted by Gasteiger charge is -2.22. The zero-order valence-corrected chi connectivity index (χ0v) is 14.5. The molecule has 0 aliphatic carbocycles. The van der Waals surface area contributed by atoms with Gasteiger partial charge in [0.05, 0.1) is 6.54 Å². The van der Waals surface area contributed by atoms with Crippen molar-refractivity contribution < 1.29 is 0 Å². The van der Waals surface area contributed by atoms with Crippen LogP contribution in [-0.2, 0) is 12.0 Å². The molecule has 126 valence electrons. The highest BCUT2D eigenvalue weighted by molar-refractivity contribution is 6.08. The molecule has 1 aliphatic heterocycles. The van der Waals surface area contributed by atoms with Gasteiger partial charge in [-0.1, -0.05) is 32.0 Å². The lowest BCUT2D eigenvalue weighted by atomic mass is 9.86. The predicted molar refractivity (Wildman–Crippen MR) is 101 cm³/mol. The number of benzene rings is 2. The van der Waals surface area contributed by atoms with Gasteiger partial charge in [0.1, 0.15) is 12.7 Å². The molecule has 0 atom stereocenters. The molecule has 0 spiro atoms. The van der Waals surface area contributed by atoms with E-state index in [1.54, 1.807) is 12.7 Å². The smallest absolute Gasteiger partial charge is 0.137 e. The third kappa shape index (κ3) is 2.22. The number of hydrogen-bond donors (Lipinski definition) is 1. The Kier molecular flexibility index (Phi) is 2.95. The minimum absolute atomic E-state index is 0.143. The molecule has 2 aromatic heterocycles. The Morgan fingerprint density at radius 1 is 1.08 bits per heavy atom. The van der Waals surface area contributed by atoms with Crippen LogP contribution in [0.5, 0.6) is 0 Å². The molecule has 5 rings (SSSR count). The van der Waals surface area contributed by atoms with Crippen molar-refractivity contribution in [3.63, 3.8) is 0 Å². The number of rotatable bonds is 3. The van der Waals surface area contributed by atoms with Crippen molar-refractivity contribution in [3.8, 4) is 0 Å². The van der Waals surface area contributed by atoms with Crippen LogP contribution >= 0.6 is 0 Å². The number of nitrogens with zero attached hydrogens (tertiary/aromatic N) is 4. The Morgan fingerprint density at radius 3 is 2.80 bits per heavy atom. The van der Waals surface area contributed by atoms with Crippen molar-refractivity contribution in [2.75, 3.05) is 18.0 Å². The molecule has 5 heteroatoms. The minimum Gasteiger partial charge on any atom is -0.368 e. The molecular formula is C20H21N5. The van der Waals surface area contributed by atoms with Crippen molar-refractivity contribution in [3.05, 3.63) is 54.6 Å². The topological polar surface area (TPSA) is 49.7 Å². The average molecular weight is 331 g/mol. The van der Waals surface area contributed by atoms with Crippen LogP contribution in [0.15, 0.2) is 49.1 Å². The predicted octanol–water partition coefficient (Wildman–Crippen LogP) is 3.71. The molecule has 1 aliphatic rings. The van der Waals surface area contributed by atoms with Crippen molar-refractivity contribution in [2.24, 2.45) is 0 Å². The lowest BCUT2D eigenvalue weighted by molar-refractivity contribution is 0.528.